The van der Waals surface area contributed by atoms with Crippen LogP contribution in [-0.4, -0.2) is 28.0 Å². The smallest absolute Gasteiger partial charge is 0.361 e. The first-order chi connectivity index (χ1) is 8.63. The van der Waals surface area contributed by atoms with Gasteiger partial charge in [-0.05, 0) is 19.1 Å². The van der Waals surface area contributed by atoms with E-state index in [9.17, 15) is 13.6 Å². The molecule has 1 N–H and O–H groups in total. The molecule has 94 valence electrons. The highest BCUT2D eigenvalue weighted by Crippen LogP contribution is 2.23. The third kappa shape index (κ3) is 2.20. The van der Waals surface area contributed by atoms with Crippen LogP contribution in [0.5, 0.6) is 0 Å². The van der Waals surface area contributed by atoms with Crippen molar-refractivity contribution in [1.29, 1.82) is 0 Å². The molecule has 0 unspecified atom stereocenters. The van der Waals surface area contributed by atoms with Crippen molar-refractivity contribution in [2.24, 2.45) is 0 Å². The number of benzene rings is 1. The standard InChI is InChI=1S/C11H9F2N3O2/c1-2-18-11(17)10-9(14-16-15-10)7-4-3-6(12)5-8(7)13/h3-5H,2H2,1H3,(H,14,15,16). The van der Waals surface area contributed by atoms with Crippen molar-refractivity contribution in [2.75, 3.05) is 6.61 Å². The summed E-state index contributed by atoms with van der Waals surface area (Å²) in [6, 6.07) is 2.96. The van der Waals surface area contributed by atoms with Gasteiger partial charge in [0, 0.05) is 11.6 Å². The number of carbonyl (C=O) groups excluding carboxylic acids is 1. The molecule has 0 atom stereocenters. The second-order valence-electron chi connectivity index (χ2n) is 3.37. The molecule has 0 saturated carbocycles. The number of hydrogen-bond acceptors (Lipinski definition) is 4. The fraction of sp³-hybridized carbons (Fsp3) is 0.182. The van der Waals surface area contributed by atoms with Crippen LogP contribution in [0.3, 0.4) is 0 Å². The molecule has 2 aromatic rings. The fourth-order valence-corrected chi connectivity index (χ4v) is 1.44. The van der Waals surface area contributed by atoms with Gasteiger partial charge in [-0.1, -0.05) is 0 Å². The Kier molecular flexibility index (Phi) is 3.31. The van der Waals surface area contributed by atoms with Gasteiger partial charge in [0.05, 0.1) is 6.61 Å². The Labute approximate surface area is 101 Å². The molecule has 0 aliphatic rings. The molecule has 5 nitrogen and oxygen atoms in total. The summed E-state index contributed by atoms with van der Waals surface area (Å²) in [7, 11) is 0. The highest BCUT2D eigenvalue weighted by molar-refractivity contribution is 5.93. The molecule has 2 rings (SSSR count). The molecular formula is C11H9F2N3O2. The average molecular weight is 253 g/mol. The maximum Gasteiger partial charge on any atom is 0.361 e. The Morgan fingerprint density at radius 1 is 1.39 bits per heavy atom. The first kappa shape index (κ1) is 12.2. The van der Waals surface area contributed by atoms with Gasteiger partial charge in [-0.3, -0.25) is 0 Å². The highest BCUT2D eigenvalue weighted by Gasteiger charge is 2.21. The zero-order valence-electron chi connectivity index (χ0n) is 9.41. The van der Waals surface area contributed by atoms with Crippen molar-refractivity contribution in [1.82, 2.24) is 15.4 Å². The topological polar surface area (TPSA) is 67.9 Å². The van der Waals surface area contributed by atoms with Gasteiger partial charge in [-0.2, -0.15) is 10.3 Å². The van der Waals surface area contributed by atoms with Crippen LogP contribution in [0.1, 0.15) is 17.4 Å². The molecule has 0 aliphatic heterocycles. The molecule has 0 amide bonds. The number of halogens is 2. The number of nitrogens with zero attached hydrogens (tertiary/aromatic N) is 2. The minimum absolute atomic E-state index is 0.00838. The Morgan fingerprint density at radius 2 is 2.17 bits per heavy atom. The third-order valence-corrected chi connectivity index (χ3v) is 2.20. The summed E-state index contributed by atoms with van der Waals surface area (Å²) in [5.74, 6) is -2.25. The first-order valence-corrected chi connectivity index (χ1v) is 5.16. The number of ether oxygens (including phenoxy) is 1. The molecule has 0 radical (unpaired) electrons. The Bertz CT molecular complexity index is 583. The number of rotatable bonds is 3. The second-order valence-corrected chi connectivity index (χ2v) is 3.37. The molecular weight excluding hydrogens is 244 g/mol. The Balaban J connectivity index is 2.45. The lowest BCUT2D eigenvalue weighted by molar-refractivity contribution is 0.0520. The normalized spacial score (nSPS) is 10.4. The summed E-state index contributed by atoms with van der Waals surface area (Å²) in [6.07, 6.45) is 0. The molecule has 18 heavy (non-hydrogen) atoms. The van der Waals surface area contributed by atoms with Crippen LogP contribution in [0.15, 0.2) is 18.2 Å². The monoisotopic (exact) mass is 253 g/mol. The Morgan fingerprint density at radius 3 is 2.83 bits per heavy atom. The molecule has 1 aromatic heterocycles. The summed E-state index contributed by atoms with van der Waals surface area (Å²) in [5.41, 5.74) is -0.165. The number of aromatic nitrogens is 3. The highest BCUT2D eigenvalue weighted by atomic mass is 19.1. The molecule has 0 spiro atoms. The molecule has 0 fully saturated rings. The minimum Gasteiger partial charge on any atom is -0.461 e. The van der Waals surface area contributed by atoms with Crippen LogP contribution < -0.4 is 0 Å². The summed E-state index contributed by atoms with van der Waals surface area (Å²) >= 11 is 0. The lowest BCUT2D eigenvalue weighted by Crippen LogP contribution is -2.07. The average Bonchev–Trinajstić information content (AvgIpc) is 2.78. The van der Waals surface area contributed by atoms with Gasteiger partial charge < -0.3 is 4.74 Å². The van der Waals surface area contributed by atoms with Crippen molar-refractivity contribution in [3.8, 4) is 11.3 Å². The molecule has 1 heterocycles. The SMILES string of the molecule is CCOC(=O)c1n[nH]nc1-c1ccc(F)cc1F. The van der Waals surface area contributed by atoms with Crippen LogP contribution in [0.25, 0.3) is 11.3 Å². The maximum atomic E-state index is 13.6. The van der Waals surface area contributed by atoms with E-state index in [1.54, 1.807) is 6.92 Å². The first-order valence-electron chi connectivity index (χ1n) is 5.16. The molecule has 1 aromatic carbocycles. The van der Waals surface area contributed by atoms with Crippen LogP contribution >= 0.6 is 0 Å². The van der Waals surface area contributed by atoms with Gasteiger partial charge in [0.1, 0.15) is 17.3 Å². The van der Waals surface area contributed by atoms with E-state index in [-0.39, 0.29) is 23.6 Å². The van der Waals surface area contributed by atoms with Gasteiger partial charge in [0.2, 0.25) is 0 Å². The van der Waals surface area contributed by atoms with E-state index < -0.39 is 17.6 Å². The zero-order chi connectivity index (χ0) is 13.1. The molecule has 0 aliphatic carbocycles. The summed E-state index contributed by atoms with van der Waals surface area (Å²) < 4.78 is 31.1. The van der Waals surface area contributed by atoms with Gasteiger partial charge in [0.25, 0.3) is 0 Å². The summed E-state index contributed by atoms with van der Waals surface area (Å²) in [4.78, 5) is 11.5. The minimum atomic E-state index is -0.825. The van der Waals surface area contributed by atoms with Crippen LogP contribution in [0.4, 0.5) is 8.78 Å². The van der Waals surface area contributed by atoms with E-state index in [2.05, 4.69) is 15.4 Å². The molecule has 7 heteroatoms. The van der Waals surface area contributed by atoms with Crippen molar-refractivity contribution in [3.63, 3.8) is 0 Å². The maximum absolute atomic E-state index is 13.6. The predicted octanol–water partition coefficient (Wildman–Crippen LogP) is 1.93. The van der Waals surface area contributed by atoms with E-state index in [4.69, 9.17) is 4.74 Å². The van der Waals surface area contributed by atoms with E-state index in [0.717, 1.165) is 6.07 Å². The largest absolute Gasteiger partial charge is 0.461 e. The molecule has 0 bridgehead atoms. The quantitative estimate of drug-likeness (QED) is 0.848. The molecule has 0 saturated heterocycles. The van der Waals surface area contributed by atoms with Crippen molar-refractivity contribution >= 4 is 5.97 Å². The van der Waals surface area contributed by atoms with E-state index >= 15 is 0 Å². The number of aromatic amines is 1. The van der Waals surface area contributed by atoms with Crippen molar-refractivity contribution < 1.29 is 18.3 Å². The van der Waals surface area contributed by atoms with Gasteiger partial charge in [-0.25, -0.2) is 13.6 Å². The van der Waals surface area contributed by atoms with Crippen molar-refractivity contribution in [3.05, 3.63) is 35.5 Å². The van der Waals surface area contributed by atoms with E-state index in [1.807, 2.05) is 0 Å². The second kappa shape index (κ2) is 4.91. The number of carbonyl (C=O) groups is 1. The zero-order valence-corrected chi connectivity index (χ0v) is 9.41. The van der Waals surface area contributed by atoms with Gasteiger partial charge >= 0.3 is 5.97 Å². The number of hydrogen-bond donors (Lipinski definition) is 1. The van der Waals surface area contributed by atoms with Crippen LogP contribution in [0.2, 0.25) is 0 Å². The summed E-state index contributed by atoms with van der Waals surface area (Å²) in [6.45, 7) is 1.80. The number of H-pyrrole nitrogens is 1. The lowest BCUT2D eigenvalue weighted by atomic mass is 10.1. The third-order valence-electron chi connectivity index (χ3n) is 2.20. The number of nitrogens with one attached hydrogen (secondary N) is 1. The fourth-order valence-electron chi connectivity index (χ4n) is 1.44. The van der Waals surface area contributed by atoms with Crippen LogP contribution in [-0.2, 0) is 4.74 Å². The van der Waals surface area contributed by atoms with E-state index in [0.29, 0.717) is 6.07 Å². The Hall–Kier alpha value is -2.31. The van der Waals surface area contributed by atoms with Crippen LogP contribution in [0, 0.1) is 11.6 Å². The number of esters is 1. The lowest BCUT2D eigenvalue weighted by Gasteiger charge is -2.02. The van der Waals surface area contributed by atoms with Gasteiger partial charge in [-0.15, -0.1) is 5.10 Å². The van der Waals surface area contributed by atoms with Crippen molar-refractivity contribution in [2.45, 2.75) is 6.92 Å². The predicted molar refractivity (Wildman–Crippen MR) is 57.7 cm³/mol. The van der Waals surface area contributed by atoms with E-state index in [1.165, 1.54) is 6.07 Å². The summed E-state index contributed by atoms with van der Waals surface area (Å²) in [5, 5.41) is 9.50. The van der Waals surface area contributed by atoms with Gasteiger partial charge in [0.15, 0.2) is 5.69 Å².